The van der Waals surface area contributed by atoms with Crippen LogP contribution < -0.4 is 16.4 Å². The van der Waals surface area contributed by atoms with E-state index in [1.807, 2.05) is 71.2 Å². The number of ether oxygens (including phenoxy) is 1. The summed E-state index contributed by atoms with van der Waals surface area (Å²) in [4.78, 5) is 101. The number of benzene rings is 2. The number of halogens is 3. The summed E-state index contributed by atoms with van der Waals surface area (Å²) in [6, 6.07) is 6.87. The first-order valence-corrected chi connectivity index (χ1v) is 25.8. The van der Waals surface area contributed by atoms with Crippen LogP contribution in [0.25, 0.3) is 10.9 Å². The van der Waals surface area contributed by atoms with Gasteiger partial charge in [0.15, 0.2) is 6.10 Å². The normalized spacial score (nSPS) is 14.5. The number of rotatable bonds is 29. The van der Waals surface area contributed by atoms with Crippen molar-refractivity contribution in [3.63, 3.8) is 0 Å². The van der Waals surface area contributed by atoms with E-state index in [1.54, 1.807) is 18.3 Å². The zero-order valence-corrected chi connectivity index (χ0v) is 45.4. The molecule has 0 saturated carbocycles. The molecule has 1 unspecified atom stereocenters. The summed E-state index contributed by atoms with van der Waals surface area (Å²) in [5, 5.41) is 25.1. The van der Waals surface area contributed by atoms with Gasteiger partial charge in [0.25, 0.3) is 0 Å². The summed E-state index contributed by atoms with van der Waals surface area (Å²) in [6.07, 6.45) is -2.01. The number of amides is 5. The number of hydrogen-bond donors (Lipinski definition) is 4. The molecule has 0 fully saturated rings. The fourth-order valence-electron chi connectivity index (χ4n) is 8.83. The maximum absolute atomic E-state index is 15.1. The van der Waals surface area contributed by atoms with Crippen molar-refractivity contribution in [1.29, 1.82) is 5.26 Å². The maximum atomic E-state index is 15.1. The van der Waals surface area contributed by atoms with Gasteiger partial charge in [0.2, 0.25) is 29.5 Å². The second kappa shape index (κ2) is 29.0. The molecule has 5 N–H and O–H groups in total. The van der Waals surface area contributed by atoms with Gasteiger partial charge in [0, 0.05) is 57.6 Å². The van der Waals surface area contributed by atoms with Gasteiger partial charge in [-0.3, -0.25) is 24.0 Å². The molecule has 0 spiro atoms. The van der Waals surface area contributed by atoms with Gasteiger partial charge < -0.3 is 45.5 Å². The highest BCUT2D eigenvalue weighted by Gasteiger charge is 2.39. The van der Waals surface area contributed by atoms with Crippen LogP contribution in [0.3, 0.4) is 0 Å². The van der Waals surface area contributed by atoms with Crippen molar-refractivity contribution >= 4 is 52.4 Å². The Bertz CT molecular complexity index is 2450. The van der Waals surface area contributed by atoms with Crippen molar-refractivity contribution in [3.8, 4) is 6.07 Å². The van der Waals surface area contributed by atoms with Crippen LogP contribution in [0.4, 0.5) is 13.2 Å². The zero-order chi connectivity index (χ0) is 56.5. The number of nitrogens with two attached hydrogens (primary N) is 1. The second-order valence-electron chi connectivity index (χ2n) is 20.8. The van der Waals surface area contributed by atoms with Gasteiger partial charge in [-0.25, -0.2) is 9.59 Å². The first-order chi connectivity index (χ1) is 35.1. The van der Waals surface area contributed by atoms with Gasteiger partial charge in [-0.05, 0) is 92.5 Å². The van der Waals surface area contributed by atoms with E-state index in [1.165, 1.54) is 50.0 Å². The molecule has 0 aliphatic heterocycles. The van der Waals surface area contributed by atoms with Gasteiger partial charge in [-0.15, -0.1) is 0 Å². The number of carboxylic acid groups (broad SMARTS) is 1. The average Bonchev–Trinajstić information content (AvgIpc) is 3.69. The molecule has 0 bridgehead atoms. The highest BCUT2D eigenvalue weighted by atomic mass is 19.4. The number of aromatic nitrogens is 1. The first kappa shape index (κ1) is 62.8. The Hall–Kier alpha value is -6.49. The minimum absolute atomic E-state index is 0.0405. The largest absolute Gasteiger partial charge is 0.479 e. The summed E-state index contributed by atoms with van der Waals surface area (Å²) in [5.74, 6) is -5.99. The van der Waals surface area contributed by atoms with E-state index in [9.17, 15) is 42.3 Å². The van der Waals surface area contributed by atoms with Crippen LogP contribution in [0.15, 0.2) is 54.7 Å². The van der Waals surface area contributed by atoms with Crippen molar-refractivity contribution in [2.45, 2.75) is 175 Å². The van der Waals surface area contributed by atoms with Crippen LogP contribution in [-0.4, -0.2) is 129 Å². The van der Waals surface area contributed by atoms with Gasteiger partial charge >= 0.3 is 18.1 Å². The molecule has 7 atom stereocenters. The SMILES string of the molecule is CCCC[C@H](N)C(=O)N(C)[C@@H](CC(C)C)C(=O)N[C@@H](CC(C)C)C(=O)N(C)C(Cc1cn(Cc2ccc(C(F)(F)F)cc2)c2ccccc12)C(=O)N[C@@H](CC(C)C)C(=O)N(C)[C@@H](C)C(=O)O[C@H](CCCC#N)C(=O)O. The molecule has 0 saturated heterocycles. The third-order valence-electron chi connectivity index (χ3n) is 13.2. The van der Waals surface area contributed by atoms with Crippen molar-refractivity contribution < 1.29 is 56.6 Å². The van der Waals surface area contributed by atoms with Gasteiger partial charge in [-0.1, -0.05) is 91.6 Å². The third-order valence-corrected chi connectivity index (χ3v) is 13.2. The van der Waals surface area contributed by atoms with Gasteiger partial charge in [0.1, 0.15) is 30.2 Å². The average molecular weight is 1050 g/mol. The van der Waals surface area contributed by atoms with Crippen molar-refractivity contribution in [3.05, 3.63) is 71.4 Å². The quantitative estimate of drug-likeness (QED) is 0.0405. The van der Waals surface area contributed by atoms with E-state index in [-0.39, 0.29) is 69.2 Å². The topological polar surface area (TPSA) is 237 Å². The van der Waals surface area contributed by atoms with Crippen molar-refractivity contribution in [2.24, 2.45) is 23.5 Å². The Balaban J connectivity index is 2.14. The van der Waals surface area contributed by atoms with E-state index in [0.29, 0.717) is 34.9 Å². The highest BCUT2D eigenvalue weighted by Crippen LogP contribution is 2.30. The minimum atomic E-state index is -4.53. The van der Waals surface area contributed by atoms with E-state index in [2.05, 4.69) is 10.6 Å². The number of likely N-dealkylation sites (N-methyl/N-ethyl adjacent to an activating group) is 3. The molecule has 0 aliphatic rings. The molecular weight excluding hydrogens is 974 g/mol. The first-order valence-electron chi connectivity index (χ1n) is 25.8. The van der Waals surface area contributed by atoms with Crippen LogP contribution in [0, 0.1) is 29.1 Å². The van der Waals surface area contributed by atoms with Crippen LogP contribution in [0.2, 0.25) is 0 Å². The number of alkyl halides is 3. The molecule has 1 aromatic heterocycles. The molecule has 0 aliphatic carbocycles. The summed E-state index contributed by atoms with van der Waals surface area (Å²) >= 11 is 0. The number of nitriles is 1. The standard InChI is InChI=1S/C55H79F3N8O9/c1-12-13-19-41(60)50(69)64(10)45(29-35(6)7)48(67)62-43(28-34(4)5)52(71)65(11)46(30-38-32-66(44-20-15-14-18-40(38)44)31-37-22-24-39(25-23-37)55(56,57)58)49(68)61-42(27-33(2)3)51(70)63(9)36(8)54(74)75-47(53(72)73)21-16-17-26-59/h14-15,18,20,22-25,32-36,41-43,45-47H,12-13,16-17,19,21,27-31,60H2,1-11H3,(H,61,68)(H,62,67)(H,72,73)/t36-,41-,42-,43-,45-,46?,47+/m0/s1. The Morgan fingerprint density at radius 3 is 1.80 bits per heavy atom. The minimum Gasteiger partial charge on any atom is -0.479 e. The van der Waals surface area contributed by atoms with Gasteiger partial charge in [0.05, 0.1) is 17.7 Å². The van der Waals surface area contributed by atoms with Crippen molar-refractivity contribution in [2.75, 3.05) is 21.1 Å². The number of hydrogen-bond acceptors (Lipinski definition) is 10. The highest BCUT2D eigenvalue weighted by molar-refractivity contribution is 5.97. The van der Waals surface area contributed by atoms with E-state index in [4.69, 9.17) is 15.7 Å². The summed E-state index contributed by atoms with van der Waals surface area (Å²) in [6.45, 7) is 14.6. The molecule has 1 heterocycles. The number of nitrogens with zero attached hydrogens (tertiary/aromatic N) is 5. The van der Waals surface area contributed by atoms with Gasteiger partial charge in [-0.2, -0.15) is 18.4 Å². The van der Waals surface area contributed by atoms with Crippen LogP contribution in [-0.2, 0) is 57.4 Å². The number of aliphatic carboxylic acids is 1. The van der Waals surface area contributed by atoms with Crippen molar-refractivity contribution in [1.82, 2.24) is 29.9 Å². The number of nitrogens with one attached hydrogen (secondary N) is 2. The Morgan fingerprint density at radius 2 is 1.28 bits per heavy atom. The fourth-order valence-corrected chi connectivity index (χ4v) is 8.83. The van der Waals surface area contributed by atoms with E-state index >= 15 is 9.59 Å². The lowest BCUT2D eigenvalue weighted by Crippen LogP contribution is -2.60. The lowest BCUT2D eigenvalue weighted by atomic mass is 9.97. The molecule has 3 rings (SSSR count). The van der Waals surface area contributed by atoms with Crippen LogP contribution in [0.5, 0.6) is 0 Å². The second-order valence-corrected chi connectivity index (χ2v) is 20.8. The Labute approximate surface area is 439 Å². The number of esters is 1. The molecule has 20 heteroatoms. The Kier molecular flexibility index (Phi) is 24.3. The Morgan fingerprint density at radius 1 is 0.747 bits per heavy atom. The summed E-state index contributed by atoms with van der Waals surface area (Å²) < 4.78 is 47.5. The molecule has 17 nitrogen and oxygen atoms in total. The number of unbranched alkanes of at least 4 members (excludes halogenated alkanes) is 2. The molecule has 414 valence electrons. The third kappa shape index (κ3) is 18.4. The number of carbonyl (C=O) groups is 7. The predicted octanol–water partition coefficient (Wildman–Crippen LogP) is 7.07. The number of carboxylic acids is 1. The number of para-hydroxylation sites is 1. The fraction of sp³-hybridized carbons (Fsp3) is 0.600. The molecule has 2 aromatic carbocycles. The molecule has 75 heavy (non-hydrogen) atoms. The number of carbonyl (C=O) groups excluding carboxylic acids is 6. The van der Waals surface area contributed by atoms with Crippen LogP contribution >= 0.6 is 0 Å². The number of fused-ring (bicyclic) bond motifs is 1. The maximum Gasteiger partial charge on any atom is 0.416 e. The van der Waals surface area contributed by atoms with E-state index in [0.717, 1.165) is 23.5 Å². The smallest absolute Gasteiger partial charge is 0.416 e. The summed E-state index contributed by atoms with van der Waals surface area (Å²) in [5.41, 5.74) is 7.30. The molecule has 0 radical (unpaired) electrons. The predicted molar refractivity (Wildman–Crippen MR) is 278 cm³/mol. The monoisotopic (exact) mass is 1050 g/mol. The molecule has 5 amide bonds. The zero-order valence-electron chi connectivity index (χ0n) is 45.4. The van der Waals surface area contributed by atoms with E-state index < -0.39 is 95.6 Å². The summed E-state index contributed by atoms with van der Waals surface area (Å²) in [7, 11) is 4.25. The van der Waals surface area contributed by atoms with Crippen LogP contribution in [0.1, 0.15) is 130 Å². The lowest BCUT2D eigenvalue weighted by Gasteiger charge is -2.35. The molecular formula is C55H79F3N8O9. The molecule has 3 aromatic rings. The lowest BCUT2D eigenvalue weighted by molar-refractivity contribution is -0.169.